The zero-order valence-corrected chi connectivity index (χ0v) is 19.6. The number of aromatic nitrogens is 3. The molecule has 34 heavy (non-hydrogen) atoms. The maximum absolute atomic E-state index is 13.3. The first-order valence-corrected chi connectivity index (χ1v) is 12.4. The SMILES string of the molecule is CC(C)(O)c1cc(CN(C(=O)Cn2cc(-c3ccc(F)cc3)cn2)C2C=CS(=O)(=O)C2)ccn1. The largest absolute Gasteiger partial charge is 0.384 e. The van der Waals surface area contributed by atoms with Crippen LogP contribution < -0.4 is 0 Å². The van der Waals surface area contributed by atoms with Crippen LogP contribution in [0.15, 0.2) is 66.5 Å². The third-order valence-corrected chi connectivity index (χ3v) is 6.92. The summed E-state index contributed by atoms with van der Waals surface area (Å²) in [6.45, 7) is 3.27. The first kappa shape index (κ1) is 23.8. The second kappa shape index (κ2) is 9.11. The number of halogens is 1. The molecule has 0 bridgehead atoms. The summed E-state index contributed by atoms with van der Waals surface area (Å²) in [5, 5.41) is 15.7. The van der Waals surface area contributed by atoms with Gasteiger partial charge in [-0.2, -0.15) is 5.10 Å². The molecule has 0 aliphatic carbocycles. The van der Waals surface area contributed by atoms with E-state index in [0.717, 1.165) is 16.5 Å². The van der Waals surface area contributed by atoms with Gasteiger partial charge in [-0.15, -0.1) is 0 Å². The van der Waals surface area contributed by atoms with Crippen molar-refractivity contribution in [1.82, 2.24) is 19.7 Å². The summed E-state index contributed by atoms with van der Waals surface area (Å²) in [5.74, 6) is -0.852. The van der Waals surface area contributed by atoms with Crippen LogP contribution in [-0.4, -0.2) is 50.9 Å². The maximum atomic E-state index is 13.3. The van der Waals surface area contributed by atoms with Crippen LogP contribution in [0.4, 0.5) is 4.39 Å². The van der Waals surface area contributed by atoms with Crippen LogP contribution in [0.2, 0.25) is 0 Å². The van der Waals surface area contributed by atoms with Crippen LogP contribution in [0.5, 0.6) is 0 Å². The quantitative estimate of drug-likeness (QED) is 0.553. The van der Waals surface area contributed by atoms with E-state index in [1.165, 1.54) is 27.8 Å². The minimum Gasteiger partial charge on any atom is -0.384 e. The van der Waals surface area contributed by atoms with Gasteiger partial charge in [0.25, 0.3) is 0 Å². The van der Waals surface area contributed by atoms with E-state index >= 15 is 0 Å². The first-order chi connectivity index (χ1) is 16.0. The summed E-state index contributed by atoms with van der Waals surface area (Å²) in [6.07, 6.45) is 6.33. The zero-order valence-electron chi connectivity index (χ0n) is 18.8. The molecule has 0 radical (unpaired) electrons. The second-order valence-electron chi connectivity index (χ2n) is 8.79. The van der Waals surface area contributed by atoms with Gasteiger partial charge in [-0.1, -0.05) is 12.1 Å². The number of benzene rings is 1. The molecule has 1 unspecified atom stereocenters. The lowest BCUT2D eigenvalue weighted by molar-refractivity contribution is -0.133. The van der Waals surface area contributed by atoms with Crippen LogP contribution in [0.1, 0.15) is 25.1 Å². The Labute approximate surface area is 197 Å². The average molecular weight is 485 g/mol. The molecule has 0 fully saturated rings. The highest BCUT2D eigenvalue weighted by molar-refractivity contribution is 7.94. The summed E-state index contributed by atoms with van der Waals surface area (Å²) < 4.78 is 38.7. The Hall–Kier alpha value is -3.37. The lowest BCUT2D eigenvalue weighted by Crippen LogP contribution is -2.42. The van der Waals surface area contributed by atoms with Gasteiger partial charge in [0.05, 0.1) is 23.7 Å². The van der Waals surface area contributed by atoms with Crippen molar-refractivity contribution in [3.63, 3.8) is 0 Å². The summed E-state index contributed by atoms with van der Waals surface area (Å²) in [4.78, 5) is 19.0. The van der Waals surface area contributed by atoms with Gasteiger partial charge in [-0.25, -0.2) is 12.8 Å². The molecular formula is C24H25FN4O4S. The van der Waals surface area contributed by atoms with Crippen LogP contribution in [0.25, 0.3) is 11.1 Å². The van der Waals surface area contributed by atoms with E-state index in [0.29, 0.717) is 11.3 Å². The Morgan fingerprint density at radius 1 is 1.24 bits per heavy atom. The van der Waals surface area contributed by atoms with Gasteiger partial charge in [-0.3, -0.25) is 14.5 Å². The molecule has 3 aromatic rings. The minimum absolute atomic E-state index is 0.102. The van der Waals surface area contributed by atoms with E-state index in [2.05, 4.69) is 10.1 Å². The summed E-state index contributed by atoms with van der Waals surface area (Å²) in [7, 11) is -3.39. The number of hydrogen-bond acceptors (Lipinski definition) is 6. The van der Waals surface area contributed by atoms with Gasteiger partial charge in [0.15, 0.2) is 9.84 Å². The fourth-order valence-electron chi connectivity index (χ4n) is 3.72. The Kier molecular flexibility index (Phi) is 6.37. The molecule has 1 aliphatic heterocycles. The summed E-state index contributed by atoms with van der Waals surface area (Å²) in [6, 6.07) is 8.76. The number of carbonyl (C=O) groups is 1. The Morgan fingerprint density at radius 3 is 2.62 bits per heavy atom. The molecule has 0 saturated heterocycles. The van der Waals surface area contributed by atoms with Crippen LogP contribution in [0, 0.1) is 5.82 Å². The first-order valence-electron chi connectivity index (χ1n) is 10.7. The number of rotatable bonds is 7. The molecule has 2 aromatic heterocycles. The number of nitrogens with zero attached hydrogens (tertiary/aromatic N) is 4. The number of carbonyl (C=O) groups excluding carboxylic acids is 1. The van der Waals surface area contributed by atoms with E-state index < -0.39 is 21.5 Å². The van der Waals surface area contributed by atoms with Crippen molar-refractivity contribution in [3.05, 3.63) is 83.5 Å². The van der Waals surface area contributed by atoms with Crippen molar-refractivity contribution in [2.24, 2.45) is 0 Å². The zero-order chi connectivity index (χ0) is 24.5. The van der Waals surface area contributed by atoms with Gasteiger partial charge in [0, 0.05) is 29.9 Å². The van der Waals surface area contributed by atoms with Gasteiger partial charge in [-0.05, 0) is 55.3 Å². The number of sulfone groups is 1. The van der Waals surface area contributed by atoms with Gasteiger partial charge < -0.3 is 10.0 Å². The molecule has 1 atom stereocenters. The smallest absolute Gasteiger partial charge is 0.245 e. The molecule has 0 spiro atoms. The van der Waals surface area contributed by atoms with Crippen molar-refractivity contribution < 1.29 is 22.7 Å². The molecule has 1 N–H and O–H groups in total. The molecule has 3 heterocycles. The minimum atomic E-state index is -3.39. The fourth-order valence-corrected chi connectivity index (χ4v) is 5.02. The second-order valence-corrected chi connectivity index (χ2v) is 10.7. The van der Waals surface area contributed by atoms with E-state index in [1.807, 2.05) is 0 Å². The normalized spacial score (nSPS) is 17.1. The molecule has 178 valence electrons. The monoisotopic (exact) mass is 484 g/mol. The summed E-state index contributed by atoms with van der Waals surface area (Å²) >= 11 is 0. The standard InChI is InChI=1S/C24H25FN4O4S/c1-24(2,31)22-11-17(7-9-26-22)13-29(21-8-10-34(32,33)16-21)23(30)15-28-14-19(12-27-28)18-3-5-20(25)6-4-18/h3-12,14,21,31H,13,15-16H2,1-2H3. The maximum Gasteiger partial charge on any atom is 0.245 e. The van der Waals surface area contributed by atoms with Crippen LogP contribution in [-0.2, 0) is 33.3 Å². The van der Waals surface area contributed by atoms with E-state index in [-0.39, 0.29) is 30.6 Å². The van der Waals surface area contributed by atoms with Crippen molar-refractivity contribution in [2.45, 2.75) is 38.6 Å². The predicted molar refractivity (Wildman–Crippen MR) is 124 cm³/mol. The Morgan fingerprint density at radius 2 is 1.97 bits per heavy atom. The molecule has 1 amide bonds. The molecule has 10 heteroatoms. The van der Waals surface area contributed by atoms with E-state index in [9.17, 15) is 22.7 Å². The van der Waals surface area contributed by atoms with Gasteiger partial charge >= 0.3 is 0 Å². The lowest BCUT2D eigenvalue weighted by atomic mass is 10.0. The molecule has 0 saturated carbocycles. The highest BCUT2D eigenvalue weighted by atomic mass is 32.2. The van der Waals surface area contributed by atoms with Crippen LogP contribution in [0.3, 0.4) is 0 Å². The third kappa shape index (κ3) is 5.57. The molecule has 1 aromatic carbocycles. The van der Waals surface area contributed by atoms with Gasteiger partial charge in [0.1, 0.15) is 18.0 Å². The number of amides is 1. The topological polar surface area (TPSA) is 105 Å². The molecule has 4 rings (SSSR count). The molecule has 8 nitrogen and oxygen atoms in total. The van der Waals surface area contributed by atoms with E-state index in [1.54, 1.807) is 56.7 Å². The Bertz CT molecular complexity index is 1330. The number of aliphatic hydroxyl groups is 1. The van der Waals surface area contributed by atoms with E-state index in [4.69, 9.17) is 0 Å². The highest BCUT2D eigenvalue weighted by Crippen LogP contribution is 2.23. The van der Waals surface area contributed by atoms with Crippen molar-refractivity contribution in [1.29, 1.82) is 0 Å². The number of hydrogen-bond donors (Lipinski definition) is 1. The molecular weight excluding hydrogens is 459 g/mol. The predicted octanol–water partition coefficient (Wildman–Crippen LogP) is 2.65. The number of pyridine rings is 1. The Balaban J connectivity index is 1.56. The van der Waals surface area contributed by atoms with Gasteiger partial charge in [0.2, 0.25) is 5.91 Å². The van der Waals surface area contributed by atoms with Crippen molar-refractivity contribution >= 4 is 15.7 Å². The average Bonchev–Trinajstić information content (AvgIpc) is 3.38. The van der Waals surface area contributed by atoms with Crippen molar-refractivity contribution in [3.8, 4) is 11.1 Å². The summed E-state index contributed by atoms with van der Waals surface area (Å²) in [5.41, 5.74) is 1.49. The highest BCUT2D eigenvalue weighted by Gasteiger charge is 2.31. The third-order valence-electron chi connectivity index (χ3n) is 5.54. The lowest BCUT2D eigenvalue weighted by Gasteiger charge is -2.28. The molecule has 1 aliphatic rings. The fraction of sp³-hybridized carbons (Fsp3) is 0.292. The van der Waals surface area contributed by atoms with Crippen LogP contribution >= 0.6 is 0 Å². The van der Waals surface area contributed by atoms with Crippen molar-refractivity contribution in [2.75, 3.05) is 5.75 Å².